The van der Waals surface area contributed by atoms with Gasteiger partial charge in [0.25, 0.3) is 0 Å². The second kappa shape index (κ2) is 4.94. The molecule has 1 aliphatic rings. The first-order valence-electron chi connectivity index (χ1n) is 6.54. The maximum atomic E-state index is 6.12. The van der Waals surface area contributed by atoms with Crippen LogP contribution in [0.5, 0.6) is 5.75 Å². The van der Waals surface area contributed by atoms with E-state index >= 15 is 0 Å². The Bertz CT molecular complexity index is 594. The zero-order valence-corrected chi connectivity index (χ0v) is 12.3. The molecule has 1 aromatic heterocycles. The third kappa shape index (κ3) is 2.38. The van der Waals surface area contributed by atoms with Crippen LogP contribution in [-0.4, -0.2) is 12.0 Å². The highest BCUT2D eigenvalue weighted by Crippen LogP contribution is 2.41. The lowest BCUT2D eigenvalue weighted by molar-refractivity contribution is 0.150. The summed E-state index contributed by atoms with van der Waals surface area (Å²) in [4.78, 5) is 4.56. The van der Waals surface area contributed by atoms with Gasteiger partial charge in [0.05, 0.1) is 10.7 Å². The molecule has 3 nitrogen and oxygen atoms in total. The SMILES string of the molecule is CNC1CC(c2csc(C)n2)Oc2ccc(C)cc21. The molecule has 0 radical (unpaired) electrons. The Kier molecular flexibility index (Phi) is 3.29. The molecular formula is C15H18N2OS. The maximum Gasteiger partial charge on any atom is 0.143 e. The fourth-order valence-electron chi connectivity index (χ4n) is 2.57. The number of nitrogens with zero attached hydrogens (tertiary/aromatic N) is 1. The number of fused-ring (bicyclic) bond motifs is 1. The van der Waals surface area contributed by atoms with Gasteiger partial charge in [-0.05, 0) is 27.0 Å². The van der Waals surface area contributed by atoms with Crippen LogP contribution in [0.3, 0.4) is 0 Å². The van der Waals surface area contributed by atoms with Crippen LogP contribution < -0.4 is 10.1 Å². The van der Waals surface area contributed by atoms with Crippen molar-refractivity contribution in [2.45, 2.75) is 32.4 Å². The number of hydrogen-bond donors (Lipinski definition) is 1. The Morgan fingerprint density at radius 1 is 1.37 bits per heavy atom. The predicted molar refractivity (Wildman–Crippen MR) is 77.8 cm³/mol. The normalized spacial score (nSPS) is 21.8. The van der Waals surface area contributed by atoms with Crippen molar-refractivity contribution in [1.29, 1.82) is 0 Å². The van der Waals surface area contributed by atoms with Crippen molar-refractivity contribution in [1.82, 2.24) is 10.3 Å². The monoisotopic (exact) mass is 274 g/mol. The lowest BCUT2D eigenvalue weighted by Crippen LogP contribution is -2.27. The number of rotatable bonds is 2. The van der Waals surface area contributed by atoms with Crippen molar-refractivity contribution < 1.29 is 4.74 Å². The average Bonchev–Trinajstić information content (AvgIpc) is 2.84. The lowest BCUT2D eigenvalue weighted by atomic mass is 9.94. The minimum absolute atomic E-state index is 0.0533. The van der Waals surface area contributed by atoms with E-state index in [1.807, 2.05) is 14.0 Å². The molecule has 0 fully saturated rings. The molecule has 4 heteroatoms. The summed E-state index contributed by atoms with van der Waals surface area (Å²) in [6, 6.07) is 6.70. The number of nitrogens with one attached hydrogen (secondary N) is 1. The molecule has 1 N–H and O–H groups in total. The summed E-state index contributed by atoms with van der Waals surface area (Å²) >= 11 is 1.68. The number of ether oxygens (including phenoxy) is 1. The summed E-state index contributed by atoms with van der Waals surface area (Å²) in [7, 11) is 2.01. The third-order valence-corrected chi connectivity index (χ3v) is 4.37. The molecule has 0 aliphatic carbocycles. The highest BCUT2D eigenvalue weighted by molar-refractivity contribution is 7.09. The van der Waals surface area contributed by atoms with Crippen LogP contribution in [0.1, 0.15) is 40.4 Å². The van der Waals surface area contributed by atoms with Crippen molar-refractivity contribution in [2.24, 2.45) is 0 Å². The third-order valence-electron chi connectivity index (χ3n) is 3.57. The summed E-state index contributed by atoms with van der Waals surface area (Å²) in [5.41, 5.74) is 3.57. The predicted octanol–water partition coefficient (Wildman–Crippen LogP) is 3.54. The first-order chi connectivity index (χ1) is 9.17. The summed E-state index contributed by atoms with van der Waals surface area (Å²) in [6.07, 6.45) is 0.980. The molecule has 2 atom stereocenters. The standard InChI is InChI=1S/C15H18N2OS/c1-9-4-5-14-11(6-9)12(16-3)7-15(18-14)13-8-19-10(2)17-13/h4-6,8,12,15-16H,7H2,1-3H3. The van der Waals surface area contributed by atoms with Gasteiger partial charge in [0, 0.05) is 23.4 Å². The molecule has 0 bridgehead atoms. The number of aromatic nitrogens is 1. The molecule has 0 amide bonds. The van der Waals surface area contributed by atoms with E-state index in [1.165, 1.54) is 11.1 Å². The van der Waals surface area contributed by atoms with E-state index in [4.69, 9.17) is 4.74 Å². The number of hydrogen-bond acceptors (Lipinski definition) is 4. The van der Waals surface area contributed by atoms with Crippen LogP contribution in [0.2, 0.25) is 0 Å². The smallest absolute Gasteiger partial charge is 0.143 e. The zero-order valence-electron chi connectivity index (χ0n) is 11.4. The molecule has 1 aromatic carbocycles. The Labute approximate surface area is 117 Å². The molecule has 2 aromatic rings. The fraction of sp³-hybridized carbons (Fsp3) is 0.400. The highest BCUT2D eigenvalue weighted by Gasteiger charge is 2.29. The summed E-state index contributed by atoms with van der Waals surface area (Å²) < 4.78 is 6.12. The molecule has 19 heavy (non-hydrogen) atoms. The summed E-state index contributed by atoms with van der Waals surface area (Å²) in [6.45, 7) is 4.15. The van der Waals surface area contributed by atoms with Crippen LogP contribution in [0.25, 0.3) is 0 Å². The van der Waals surface area contributed by atoms with E-state index in [0.717, 1.165) is 22.9 Å². The molecule has 2 heterocycles. The van der Waals surface area contributed by atoms with E-state index < -0.39 is 0 Å². The molecule has 2 unspecified atom stereocenters. The number of benzene rings is 1. The first-order valence-corrected chi connectivity index (χ1v) is 7.42. The van der Waals surface area contributed by atoms with Crippen molar-refractivity contribution in [3.05, 3.63) is 45.4 Å². The molecule has 0 saturated carbocycles. The Morgan fingerprint density at radius 2 is 2.21 bits per heavy atom. The van der Waals surface area contributed by atoms with Gasteiger partial charge in [-0.25, -0.2) is 4.98 Å². The minimum atomic E-state index is 0.0533. The van der Waals surface area contributed by atoms with Crippen molar-refractivity contribution in [2.75, 3.05) is 7.05 Å². The quantitative estimate of drug-likeness (QED) is 0.909. The molecule has 100 valence electrons. The van der Waals surface area contributed by atoms with E-state index in [9.17, 15) is 0 Å². The van der Waals surface area contributed by atoms with Crippen LogP contribution in [0.15, 0.2) is 23.6 Å². The van der Waals surface area contributed by atoms with E-state index in [0.29, 0.717) is 6.04 Å². The molecule has 0 saturated heterocycles. The molecule has 1 aliphatic heterocycles. The van der Waals surface area contributed by atoms with Crippen LogP contribution in [0.4, 0.5) is 0 Å². The van der Waals surface area contributed by atoms with Crippen LogP contribution >= 0.6 is 11.3 Å². The second-order valence-corrected chi connectivity index (χ2v) is 6.08. The van der Waals surface area contributed by atoms with E-state index in [1.54, 1.807) is 11.3 Å². The molecular weight excluding hydrogens is 256 g/mol. The van der Waals surface area contributed by atoms with Gasteiger partial charge in [0.1, 0.15) is 11.9 Å². The zero-order chi connectivity index (χ0) is 13.4. The number of thiazole rings is 1. The molecule has 0 spiro atoms. The van der Waals surface area contributed by atoms with Gasteiger partial charge in [0.2, 0.25) is 0 Å². The van der Waals surface area contributed by atoms with Crippen molar-refractivity contribution in [3.8, 4) is 5.75 Å². The van der Waals surface area contributed by atoms with Gasteiger partial charge >= 0.3 is 0 Å². The van der Waals surface area contributed by atoms with E-state index in [-0.39, 0.29) is 6.10 Å². The van der Waals surface area contributed by atoms with Gasteiger partial charge in [-0.3, -0.25) is 0 Å². The first kappa shape index (κ1) is 12.6. The van der Waals surface area contributed by atoms with Gasteiger partial charge in [-0.1, -0.05) is 17.7 Å². The Balaban J connectivity index is 1.95. The van der Waals surface area contributed by atoms with Gasteiger partial charge in [-0.2, -0.15) is 0 Å². The van der Waals surface area contributed by atoms with Gasteiger partial charge in [0.15, 0.2) is 0 Å². The summed E-state index contributed by atoms with van der Waals surface area (Å²) in [5, 5.41) is 6.58. The Hall–Kier alpha value is -1.39. The van der Waals surface area contributed by atoms with Crippen molar-refractivity contribution in [3.63, 3.8) is 0 Å². The lowest BCUT2D eigenvalue weighted by Gasteiger charge is -2.31. The van der Waals surface area contributed by atoms with E-state index in [2.05, 4.69) is 40.8 Å². The Morgan fingerprint density at radius 3 is 2.89 bits per heavy atom. The minimum Gasteiger partial charge on any atom is -0.484 e. The van der Waals surface area contributed by atoms with Crippen molar-refractivity contribution >= 4 is 11.3 Å². The van der Waals surface area contributed by atoms with Gasteiger partial charge in [-0.15, -0.1) is 11.3 Å². The topological polar surface area (TPSA) is 34.2 Å². The van der Waals surface area contributed by atoms with Crippen LogP contribution in [0, 0.1) is 13.8 Å². The average molecular weight is 274 g/mol. The fourth-order valence-corrected chi connectivity index (χ4v) is 3.23. The second-order valence-electron chi connectivity index (χ2n) is 5.02. The maximum absolute atomic E-state index is 6.12. The highest BCUT2D eigenvalue weighted by atomic mass is 32.1. The summed E-state index contributed by atoms with van der Waals surface area (Å²) in [5.74, 6) is 0.979. The molecule has 3 rings (SSSR count). The van der Waals surface area contributed by atoms with Gasteiger partial charge < -0.3 is 10.1 Å². The largest absolute Gasteiger partial charge is 0.484 e. The van der Waals surface area contributed by atoms with Crippen LogP contribution in [-0.2, 0) is 0 Å². The number of aryl methyl sites for hydroxylation is 2.